The van der Waals surface area contributed by atoms with Gasteiger partial charge >= 0.3 is 0 Å². The zero-order chi connectivity index (χ0) is 22.1. The van der Waals surface area contributed by atoms with Crippen LogP contribution in [-0.4, -0.2) is 41.4 Å². The Morgan fingerprint density at radius 3 is 2.27 bits per heavy atom. The molecule has 1 N–H and O–H groups in total. The van der Waals surface area contributed by atoms with E-state index in [1.54, 1.807) is 4.90 Å². The largest absolute Gasteiger partial charge is 0.484 e. The van der Waals surface area contributed by atoms with Crippen LogP contribution in [0.5, 0.6) is 5.75 Å². The van der Waals surface area contributed by atoms with Crippen LogP contribution >= 0.6 is 22.6 Å². The molecule has 0 fully saturated rings. The van der Waals surface area contributed by atoms with Crippen LogP contribution in [0.3, 0.4) is 0 Å². The van der Waals surface area contributed by atoms with Crippen molar-refractivity contribution in [2.75, 3.05) is 13.2 Å². The van der Waals surface area contributed by atoms with Gasteiger partial charge in [0, 0.05) is 15.7 Å². The molecule has 0 spiro atoms. The van der Waals surface area contributed by atoms with Crippen LogP contribution in [0, 0.1) is 3.57 Å². The second-order valence-electron chi connectivity index (χ2n) is 8.23. The van der Waals surface area contributed by atoms with E-state index in [-0.39, 0.29) is 24.0 Å². The molecule has 2 amide bonds. The Balaban J connectivity index is 2.14. The summed E-state index contributed by atoms with van der Waals surface area (Å²) in [5.41, 5.74) is 0.760. The van der Waals surface area contributed by atoms with E-state index in [0.717, 1.165) is 9.13 Å². The number of halogens is 1. The van der Waals surface area contributed by atoms with Crippen molar-refractivity contribution in [1.82, 2.24) is 10.2 Å². The van der Waals surface area contributed by atoms with Crippen molar-refractivity contribution in [3.8, 4) is 5.75 Å². The first-order chi connectivity index (χ1) is 14.2. The van der Waals surface area contributed by atoms with E-state index in [1.807, 2.05) is 82.3 Å². The predicted octanol–water partition coefficient (Wildman–Crippen LogP) is 4.43. The molecule has 6 heteroatoms. The van der Waals surface area contributed by atoms with Crippen LogP contribution in [0.15, 0.2) is 54.6 Å². The van der Waals surface area contributed by atoms with Gasteiger partial charge in [-0.1, -0.05) is 37.3 Å². The molecule has 0 aromatic heterocycles. The highest BCUT2D eigenvalue weighted by Crippen LogP contribution is 2.15. The Hall–Kier alpha value is -2.09. The lowest BCUT2D eigenvalue weighted by Crippen LogP contribution is -2.54. The van der Waals surface area contributed by atoms with Gasteiger partial charge in [-0.25, -0.2) is 0 Å². The van der Waals surface area contributed by atoms with Crippen molar-refractivity contribution in [1.29, 1.82) is 0 Å². The first-order valence-corrected chi connectivity index (χ1v) is 11.3. The topological polar surface area (TPSA) is 58.6 Å². The summed E-state index contributed by atoms with van der Waals surface area (Å²) < 4.78 is 6.80. The zero-order valence-corrected chi connectivity index (χ0v) is 20.3. The SMILES string of the molecule is CCC(C(=O)NC(C)(C)C)N(CCc1ccccc1)C(=O)COc1ccc(I)cc1. The lowest BCUT2D eigenvalue weighted by Gasteiger charge is -2.33. The van der Waals surface area contributed by atoms with Gasteiger partial charge in [-0.15, -0.1) is 0 Å². The van der Waals surface area contributed by atoms with E-state index in [9.17, 15) is 9.59 Å². The van der Waals surface area contributed by atoms with Crippen molar-refractivity contribution >= 4 is 34.4 Å². The molecular weight excluding hydrogens is 491 g/mol. The van der Waals surface area contributed by atoms with E-state index in [2.05, 4.69) is 27.9 Å². The van der Waals surface area contributed by atoms with Crippen LogP contribution < -0.4 is 10.1 Å². The summed E-state index contributed by atoms with van der Waals surface area (Å²) >= 11 is 2.22. The van der Waals surface area contributed by atoms with Gasteiger partial charge in [0.1, 0.15) is 11.8 Å². The molecule has 0 aliphatic heterocycles. The zero-order valence-electron chi connectivity index (χ0n) is 18.2. The average Bonchev–Trinajstić information content (AvgIpc) is 2.69. The molecule has 1 atom stereocenters. The second-order valence-corrected chi connectivity index (χ2v) is 9.47. The van der Waals surface area contributed by atoms with Gasteiger partial charge < -0.3 is 15.0 Å². The van der Waals surface area contributed by atoms with Crippen molar-refractivity contribution in [3.05, 3.63) is 63.7 Å². The fourth-order valence-corrected chi connectivity index (χ4v) is 3.47. The number of nitrogens with one attached hydrogen (secondary N) is 1. The summed E-state index contributed by atoms with van der Waals surface area (Å²) in [4.78, 5) is 27.7. The summed E-state index contributed by atoms with van der Waals surface area (Å²) in [6, 6.07) is 17.0. The molecule has 0 heterocycles. The van der Waals surface area contributed by atoms with Gasteiger partial charge in [-0.2, -0.15) is 0 Å². The van der Waals surface area contributed by atoms with Crippen LogP contribution in [0.2, 0.25) is 0 Å². The van der Waals surface area contributed by atoms with Crippen molar-refractivity contribution in [2.24, 2.45) is 0 Å². The highest BCUT2D eigenvalue weighted by molar-refractivity contribution is 14.1. The fourth-order valence-electron chi connectivity index (χ4n) is 3.11. The number of amides is 2. The van der Waals surface area contributed by atoms with Crippen LogP contribution in [0.1, 0.15) is 39.7 Å². The number of hydrogen-bond acceptors (Lipinski definition) is 3. The molecule has 1 unspecified atom stereocenters. The Kier molecular flexibility index (Phi) is 9.14. The summed E-state index contributed by atoms with van der Waals surface area (Å²) in [5, 5.41) is 3.01. The van der Waals surface area contributed by atoms with Crippen LogP contribution in [0.25, 0.3) is 0 Å². The number of rotatable bonds is 9. The third-order valence-electron chi connectivity index (χ3n) is 4.54. The molecule has 30 heavy (non-hydrogen) atoms. The summed E-state index contributed by atoms with van der Waals surface area (Å²) in [5.74, 6) is 0.306. The van der Waals surface area contributed by atoms with Crippen LogP contribution in [0.4, 0.5) is 0 Å². The molecule has 0 aliphatic rings. The molecule has 2 aromatic carbocycles. The lowest BCUT2D eigenvalue weighted by molar-refractivity contribution is -0.142. The summed E-state index contributed by atoms with van der Waals surface area (Å²) in [7, 11) is 0. The molecule has 5 nitrogen and oxygen atoms in total. The minimum Gasteiger partial charge on any atom is -0.484 e. The number of carbonyl (C=O) groups excluding carboxylic acids is 2. The highest BCUT2D eigenvalue weighted by atomic mass is 127. The standard InChI is InChI=1S/C24H31IN2O3/c1-5-21(23(29)26-24(2,3)4)27(16-15-18-9-7-6-8-10-18)22(28)17-30-20-13-11-19(25)12-14-20/h6-14,21H,5,15-17H2,1-4H3,(H,26,29). The smallest absolute Gasteiger partial charge is 0.261 e. The van der Waals surface area contributed by atoms with Gasteiger partial charge in [0.05, 0.1) is 0 Å². The second kappa shape index (κ2) is 11.3. The van der Waals surface area contributed by atoms with Crippen molar-refractivity contribution in [2.45, 2.75) is 52.1 Å². The number of benzene rings is 2. The van der Waals surface area contributed by atoms with Crippen molar-refractivity contribution < 1.29 is 14.3 Å². The van der Waals surface area contributed by atoms with Crippen LogP contribution in [-0.2, 0) is 16.0 Å². The fraction of sp³-hybridized carbons (Fsp3) is 0.417. The molecule has 162 valence electrons. The number of carbonyl (C=O) groups is 2. The Morgan fingerprint density at radius 2 is 1.70 bits per heavy atom. The Morgan fingerprint density at radius 1 is 1.07 bits per heavy atom. The van der Waals surface area contributed by atoms with Crippen molar-refractivity contribution in [3.63, 3.8) is 0 Å². The van der Waals surface area contributed by atoms with E-state index >= 15 is 0 Å². The molecular formula is C24H31IN2O3. The Bertz CT molecular complexity index is 817. The van der Waals surface area contributed by atoms with E-state index in [1.165, 1.54) is 0 Å². The molecule has 0 saturated carbocycles. The molecule has 0 radical (unpaired) electrons. The van der Waals surface area contributed by atoms with Gasteiger partial charge in [0.2, 0.25) is 5.91 Å². The molecule has 2 rings (SSSR count). The molecule has 0 aliphatic carbocycles. The third-order valence-corrected chi connectivity index (χ3v) is 5.26. The maximum atomic E-state index is 13.1. The highest BCUT2D eigenvalue weighted by Gasteiger charge is 2.30. The van der Waals surface area contributed by atoms with Gasteiger partial charge in [0.25, 0.3) is 5.91 Å². The minimum atomic E-state index is -0.541. The maximum absolute atomic E-state index is 13.1. The van der Waals surface area contributed by atoms with Gasteiger partial charge in [-0.05, 0) is 86.0 Å². The summed E-state index contributed by atoms with van der Waals surface area (Å²) in [6.07, 6.45) is 1.21. The first-order valence-electron chi connectivity index (χ1n) is 10.2. The van der Waals surface area contributed by atoms with E-state index in [4.69, 9.17) is 4.74 Å². The first kappa shape index (κ1) is 24.2. The Labute approximate surface area is 193 Å². The summed E-state index contributed by atoms with van der Waals surface area (Å²) in [6.45, 7) is 8.09. The lowest BCUT2D eigenvalue weighted by atomic mass is 10.1. The molecule has 2 aromatic rings. The third kappa shape index (κ3) is 7.97. The predicted molar refractivity (Wildman–Crippen MR) is 128 cm³/mol. The average molecular weight is 522 g/mol. The molecule has 0 saturated heterocycles. The van der Waals surface area contributed by atoms with E-state index < -0.39 is 6.04 Å². The van der Waals surface area contributed by atoms with Gasteiger partial charge in [0.15, 0.2) is 6.61 Å². The number of ether oxygens (including phenoxy) is 1. The monoisotopic (exact) mass is 522 g/mol. The van der Waals surface area contributed by atoms with E-state index in [0.29, 0.717) is 25.1 Å². The maximum Gasteiger partial charge on any atom is 0.261 e. The molecule has 0 bridgehead atoms. The number of hydrogen-bond donors (Lipinski definition) is 1. The quantitative estimate of drug-likeness (QED) is 0.496. The number of nitrogens with zero attached hydrogens (tertiary/aromatic N) is 1. The minimum absolute atomic E-state index is 0.103. The van der Waals surface area contributed by atoms with Gasteiger partial charge in [-0.3, -0.25) is 9.59 Å². The normalized spacial score (nSPS) is 12.2.